The maximum atomic E-state index is 13.7. The number of aromatic nitrogens is 2. The lowest BCUT2D eigenvalue weighted by Gasteiger charge is -2.44. The molecule has 0 spiro atoms. The fourth-order valence-corrected chi connectivity index (χ4v) is 4.82. The van der Waals surface area contributed by atoms with Gasteiger partial charge in [-0.05, 0) is 32.3 Å². The quantitative estimate of drug-likeness (QED) is 0.555. The summed E-state index contributed by atoms with van der Waals surface area (Å²) < 4.78 is 6.43. The van der Waals surface area contributed by atoms with Gasteiger partial charge in [0, 0.05) is 12.6 Å². The lowest BCUT2D eigenvalue weighted by molar-refractivity contribution is -0.134. The van der Waals surface area contributed by atoms with E-state index in [4.69, 9.17) is 4.74 Å². The number of rotatable bonds is 5. The molecule has 4 rings (SSSR count). The number of nitrogens with one attached hydrogen (secondary N) is 1. The summed E-state index contributed by atoms with van der Waals surface area (Å²) in [6, 6.07) is 8.00. The number of aryl methyl sites for hydroxylation is 1. The van der Waals surface area contributed by atoms with Gasteiger partial charge < -0.3 is 19.5 Å². The third-order valence-corrected chi connectivity index (χ3v) is 6.88. The van der Waals surface area contributed by atoms with Gasteiger partial charge in [0.1, 0.15) is 11.2 Å². The van der Waals surface area contributed by atoms with Crippen LogP contribution in [0, 0.1) is 6.92 Å². The van der Waals surface area contributed by atoms with Gasteiger partial charge in [-0.2, -0.15) is 0 Å². The molecule has 1 unspecified atom stereocenters. The minimum absolute atomic E-state index is 0.0253. The average molecular weight is 453 g/mol. The van der Waals surface area contributed by atoms with E-state index in [0.717, 1.165) is 36.8 Å². The molecule has 1 fully saturated rings. The molecule has 0 bridgehead atoms. The largest absolute Gasteiger partial charge is 0.464 e. The molecule has 176 valence electrons. The van der Waals surface area contributed by atoms with Crippen LogP contribution in [0.2, 0.25) is 0 Å². The predicted molar refractivity (Wildman–Crippen MR) is 123 cm³/mol. The molecule has 1 aliphatic carbocycles. The van der Waals surface area contributed by atoms with Crippen LogP contribution in [0.15, 0.2) is 30.6 Å². The standard InChI is InChI=1S/C25H32N4O4/c1-17-10-12-18(13-11-17)14-29-22(30)21-20(23(31)33-3)26-16-28(21)15-25(29,2)24(32)27-19-8-6-4-5-7-9-19/h10-13,16,19H,4-9,14-15H2,1-3H3,(H,27,32). The minimum Gasteiger partial charge on any atom is -0.464 e. The van der Waals surface area contributed by atoms with E-state index in [-0.39, 0.29) is 36.4 Å². The van der Waals surface area contributed by atoms with Gasteiger partial charge in [0.25, 0.3) is 5.91 Å². The van der Waals surface area contributed by atoms with Crippen LogP contribution in [-0.4, -0.2) is 50.9 Å². The summed E-state index contributed by atoms with van der Waals surface area (Å²) in [4.78, 5) is 45.4. The summed E-state index contributed by atoms with van der Waals surface area (Å²) >= 11 is 0. The molecule has 1 aromatic carbocycles. The Morgan fingerprint density at radius 3 is 2.45 bits per heavy atom. The molecule has 2 amide bonds. The van der Waals surface area contributed by atoms with Crippen molar-refractivity contribution in [1.82, 2.24) is 19.8 Å². The third kappa shape index (κ3) is 4.51. The first-order valence-electron chi connectivity index (χ1n) is 11.7. The van der Waals surface area contributed by atoms with Gasteiger partial charge in [-0.25, -0.2) is 9.78 Å². The number of hydrogen-bond donors (Lipinski definition) is 1. The zero-order valence-corrected chi connectivity index (χ0v) is 19.6. The number of fused-ring (bicyclic) bond motifs is 1. The Labute approximate surface area is 194 Å². The van der Waals surface area contributed by atoms with Crippen LogP contribution in [0.25, 0.3) is 0 Å². The Hall–Kier alpha value is -3.16. The molecule has 1 aromatic heterocycles. The first-order chi connectivity index (χ1) is 15.8. The highest BCUT2D eigenvalue weighted by molar-refractivity contribution is 6.06. The molecule has 8 heteroatoms. The van der Waals surface area contributed by atoms with E-state index in [1.165, 1.54) is 26.3 Å². The van der Waals surface area contributed by atoms with Crippen molar-refractivity contribution < 1.29 is 19.1 Å². The molecule has 33 heavy (non-hydrogen) atoms. The van der Waals surface area contributed by atoms with Crippen LogP contribution in [0.1, 0.15) is 77.6 Å². The maximum absolute atomic E-state index is 13.7. The number of amides is 2. The van der Waals surface area contributed by atoms with Crippen LogP contribution in [-0.2, 0) is 22.6 Å². The van der Waals surface area contributed by atoms with Gasteiger partial charge in [0.05, 0.1) is 20.0 Å². The van der Waals surface area contributed by atoms with E-state index in [1.807, 2.05) is 31.2 Å². The van der Waals surface area contributed by atoms with Crippen LogP contribution < -0.4 is 5.32 Å². The summed E-state index contributed by atoms with van der Waals surface area (Å²) in [7, 11) is 1.26. The Balaban J connectivity index is 1.69. The average Bonchev–Trinajstić information content (AvgIpc) is 3.05. The monoisotopic (exact) mass is 452 g/mol. The number of nitrogens with zero attached hydrogens (tertiary/aromatic N) is 3. The molecular weight excluding hydrogens is 420 g/mol. The maximum Gasteiger partial charge on any atom is 0.359 e. The van der Waals surface area contributed by atoms with Gasteiger partial charge in [0.15, 0.2) is 5.69 Å². The van der Waals surface area contributed by atoms with Gasteiger partial charge in [-0.3, -0.25) is 9.59 Å². The fraction of sp³-hybridized carbons (Fsp3) is 0.520. The van der Waals surface area contributed by atoms with Crippen molar-refractivity contribution in [3.63, 3.8) is 0 Å². The number of carbonyl (C=O) groups is 3. The summed E-state index contributed by atoms with van der Waals surface area (Å²) in [5.74, 6) is -1.24. The smallest absolute Gasteiger partial charge is 0.359 e. The molecule has 2 aromatic rings. The molecule has 0 saturated heterocycles. The molecule has 2 heterocycles. The molecule has 8 nitrogen and oxygen atoms in total. The highest BCUT2D eigenvalue weighted by atomic mass is 16.5. The molecule has 1 N–H and O–H groups in total. The van der Waals surface area contributed by atoms with E-state index in [1.54, 1.807) is 16.4 Å². The number of hydrogen-bond acceptors (Lipinski definition) is 5. The van der Waals surface area contributed by atoms with E-state index in [2.05, 4.69) is 10.3 Å². The number of imidazole rings is 1. The van der Waals surface area contributed by atoms with Crippen molar-refractivity contribution >= 4 is 17.8 Å². The Morgan fingerprint density at radius 2 is 1.82 bits per heavy atom. The Bertz CT molecular complexity index is 1040. The molecule has 1 aliphatic heterocycles. The number of carbonyl (C=O) groups excluding carboxylic acids is 3. The third-order valence-electron chi connectivity index (χ3n) is 6.88. The van der Waals surface area contributed by atoms with Gasteiger partial charge in [0.2, 0.25) is 5.91 Å². The van der Waals surface area contributed by atoms with Crippen molar-refractivity contribution in [2.45, 2.75) is 77.0 Å². The van der Waals surface area contributed by atoms with Gasteiger partial charge in [-0.15, -0.1) is 0 Å². The van der Waals surface area contributed by atoms with Crippen LogP contribution in [0.3, 0.4) is 0 Å². The topological polar surface area (TPSA) is 93.5 Å². The highest BCUT2D eigenvalue weighted by Crippen LogP contribution is 2.31. The zero-order chi connectivity index (χ0) is 23.6. The van der Waals surface area contributed by atoms with Gasteiger partial charge >= 0.3 is 5.97 Å². The SMILES string of the molecule is COC(=O)c1ncn2c1C(=O)N(Cc1ccc(C)cc1)C(C)(C(=O)NC1CCCCCC1)C2. The van der Waals surface area contributed by atoms with Crippen LogP contribution in [0.5, 0.6) is 0 Å². The van der Waals surface area contributed by atoms with E-state index >= 15 is 0 Å². The van der Waals surface area contributed by atoms with Crippen molar-refractivity contribution in [3.05, 3.63) is 53.1 Å². The second kappa shape index (κ2) is 9.37. The normalized spacial score (nSPS) is 21.3. The zero-order valence-electron chi connectivity index (χ0n) is 19.6. The molecular formula is C25H32N4O4. The van der Waals surface area contributed by atoms with Crippen LogP contribution >= 0.6 is 0 Å². The Kier molecular flexibility index (Phi) is 6.54. The lowest BCUT2D eigenvalue weighted by Crippen LogP contribution is -2.64. The van der Waals surface area contributed by atoms with Crippen molar-refractivity contribution in [2.24, 2.45) is 0 Å². The summed E-state index contributed by atoms with van der Waals surface area (Å²) in [6.45, 7) is 4.26. The molecule has 2 aliphatic rings. The summed E-state index contributed by atoms with van der Waals surface area (Å²) in [5, 5.41) is 3.23. The van der Waals surface area contributed by atoms with E-state index in [9.17, 15) is 14.4 Å². The van der Waals surface area contributed by atoms with Gasteiger partial charge in [-0.1, -0.05) is 55.5 Å². The highest BCUT2D eigenvalue weighted by Gasteiger charge is 2.49. The number of ether oxygens (including phenoxy) is 1. The first kappa shape index (κ1) is 23.0. The van der Waals surface area contributed by atoms with Crippen molar-refractivity contribution in [1.29, 1.82) is 0 Å². The summed E-state index contributed by atoms with van der Waals surface area (Å²) in [5.41, 5.74) is 1.03. The first-order valence-corrected chi connectivity index (χ1v) is 11.7. The number of methoxy groups -OCH3 is 1. The van der Waals surface area contributed by atoms with Crippen molar-refractivity contribution in [2.75, 3.05) is 7.11 Å². The second-order valence-corrected chi connectivity index (χ2v) is 9.37. The summed E-state index contributed by atoms with van der Waals surface area (Å²) in [6.07, 6.45) is 7.93. The predicted octanol–water partition coefficient (Wildman–Crippen LogP) is 3.23. The lowest BCUT2D eigenvalue weighted by atomic mass is 9.92. The molecule has 0 radical (unpaired) electrons. The van der Waals surface area contributed by atoms with Crippen LogP contribution in [0.4, 0.5) is 0 Å². The molecule has 1 saturated carbocycles. The van der Waals surface area contributed by atoms with E-state index < -0.39 is 17.4 Å². The second-order valence-electron chi connectivity index (χ2n) is 9.37. The Morgan fingerprint density at radius 1 is 1.15 bits per heavy atom. The molecule has 1 atom stereocenters. The number of esters is 1. The number of benzene rings is 1. The fourth-order valence-electron chi connectivity index (χ4n) is 4.82. The van der Waals surface area contributed by atoms with E-state index in [0.29, 0.717) is 0 Å². The van der Waals surface area contributed by atoms with Crippen molar-refractivity contribution in [3.8, 4) is 0 Å². The minimum atomic E-state index is -1.13.